The van der Waals surface area contributed by atoms with Crippen LogP contribution in [0.2, 0.25) is 0 Å². The molecule has 102 valence electrons. The van der Waals surface area contributed by atoms with E-state index in [1.807, 2.05) is 0 Å². The largest absolute Gasteiger partial charge is 0.481 e. The quantitative estimate of drug-likeness (QED) is 0.878. The first-order valence-electron chi connectivity index (χ1n) is 5.24. The van der Waals surface area contributed by atoms with Crippen LogP contribution in [-0.4, -0.2) is 24.1 Å². The smallest absolute Gasteiger partial charge is 0.305 e. The van der Waals surface area contributed by atoms with Gasteiger partial charge in [-0.05, 0) is 18.2 Å². The van der Waals surface area contributed by atoms with E-state index < -0.39 is 20.8 Å². The maximum absolute atomic E-state index is 13.2. The van der Waals surface area contributed by atoms with Crippen molar-refractivity contribution in [2.75, 3.05) is 0 Å². The topological polar surface area (TPSA) is 76.4 Å². The molecule has 8 heteroatoms. The van der Waals surface area contributed by atoms with Crippen LogP contribution in [0.3, 0.4) is 0 Å². The predicted molar refractivity (Wildman–Crippen MR) is 67.2 cm³/mol. The Balaban J connectivity index is 2.63. The summed E-state index contributed by atoms with van der Waals surface area (Å²) in [7, 11) is 1.26. The van der Waals surface area contributed by atoms with Gasteiger partial charge >= 0.3 is 5.97 Å². The van der Waals surface area contributed by atoms with Crippen molar-refractivity contribution in [2.24, 2.45) is 0 Å². The number of fused-ring (bicyclic) bond motifs is 1. The van der Waals surface area contributed by atoms with Crippen molar-refractivity contribution in [3.63, 3.8) is 0 Å². The normalized spacial score (nSPS) is 11.9. The van der Waals surface area contributed by atoms with Crippen molar-refractivity contribution in [2.45, 2.75) is 17.9 Å². The van der Waals surface area contributed by atoms with Gasteiger partial charge in [0.05, 0.1) is 6.42 Å². The van der Waals surface area contributed by atoms with E-state index in [0.717, 1.165) is 6.07 Å². The molecule has 1 aromatic heterocycles. The molecule has 2 aromatic rings. The minimum atomic E-state index is -4.03. The maximum atomic E-state index is 13.2. The molecule has 0 saturated carbocycles. The van der Waals surface area contributed by atoms with E-state index >= 15 is 0 Å². The summed E-state index contributed by atoms with van der Waals surface area (Å²) in [6.45, 7) is 0.0733. The van der Waals surface area contributed by atoms with Gasteiger partial charge in [-0.25, -0.2) is 12.8 Å². The van der Waals surface area contributed by atoms with Crippen LogP contribution in [0.1, 0.15) is 6.42 Å². The molecule has 0 fully saturated rings. The third-order valence-corrected chi connectivity index (χ3v) is 3.99. The van der Waals surface area contributed by atoms with Crippen LogP contribution in [0.15, 0.2) is 29.3 Å². The highest BCUT2D eigenvalue weighted by atomic mass is 35.7. The Labute approximate surface area is 112 Å². The molecule has 0 bridgehead atoms. The van der Waals surface area contributed by atoms with Crippen LogP contribution in [-0.2, 0) is 20.4 Å². The number of aryl methyl sites for hydroxylation is 1. The SMILES string of the molecule is O=C(O)CCn1cc(S(=O)(=O)Cl)c2cc(F)ccc21. The number of aliphatic carboxylic acids is 1. The number of hydrogen-bond donors (Lipinski definition) is 1. The third-order valence-electron chi connectivity index (χ3n) is 2.64. The van der Waals surface area contributed by atoms with E-state index in [1.165, 1.54) is 22.9 Å². The molecule has 0 aliphatic carbocycles. The molecule has 1 N–H and O–H groups in total. The molecule has 0 aliphatic heterocycles. The number of hydrogen-bond acceptors (Lipinski definition) is 3. The van der Waals surface area contributed by atoms with Crippen LogP contribution in [0.25, 0.3) is 10.9 Å². The molecule has 0 radical (unpaired) electrons. The fraction of sp³-hybridized carbons (Fsp3) is 0.182. The first kappa shape index (κ1) is 13.8. The average molecular weight is 306 g/mol. The molecular formula is C11H9ClFNO4S. The van der Waals surface area contributed by atoms with Crippen molar-refractivity contribution in [1.29, 1.82) is 0 Å². The zero-order valence-corrected chi connectivity index (χ0v) is 11.1. The molecule has 5 nitrogen and oxygen atoms in total. The van der Waals surface area contributed by atoms with Crippen molar-refractivity contribution in [1.82, 2.24) is 4.57 Å². The second kappa shape index (κ2) is 4.82. The Kier molecular flexibility index (Phi) is 3.51. The zero-order valence-electron chi connectivity index (χ0n) is 9.51. The molecule has 19 heavy (non-hydrogen) atoms. The van der Waals surface area contributed by atoms with Crippen molar-refractivity contribution in [3.8, 4) is 0 Å². The summed E-state index contributed by atoms with van der Waals surface area (Å²) in [4.78, 5) is 10.3. The summed E-state index contributed by atoms with van der Waals surface area (Å²) < 4.78 is 37.5. The molecular weight excluding hydrogens is 297 g/mol. The molecule has 0 saturated heterocycles. The number of aromatic nitrogens is 1. The van der Waals surface area contributed by atoms with E-state index in [-0.39, 0.29) is 23.2 Å². The van der Waals surface area contributed by atoms with Gasteiger partial charge in [-0.1, -0.05) is 0 Å². The van der Waals surface area contributed by atoms with E-state index in [0.29, 0.717) is 5.52 Å². The molecule has 0 unspecified atom stereocenters. The number of carboxylic acids is 1. The van der Waals surface area contributed by atoms with Crippen LogP contribution >= 0.6 is 10.7 Å². The van der Waals surface area contributed by atoms with Gasteiger partial charge in [-0.15, -0.1) is 0 Å². The lowest BCUT2D eigenvalue weighted by molar-refractivity contribution is -0.137. The molecule has 0 amide bonds. The fourth-order valence-corrected chi connectivity index (χ4v) is 2.88. The number of benzene rings is 1. The minimum Gasteiger partial charge on any atom is -0.481 e. The van der Waals surface area contributed by atoms with Crippen molar-refractivity contribution >= 4 is 36.6 Å². The van der Waals surface area contributed by atoms with Gasteiger partial charge in [-0.2, -0.15) is 0 Å². The summed E-state index contributed by atoms with van der Waals surface area (Å²) in [6.07, 6.45) is 1.04. The lowest BCUT2D eigenvalue weighted by Gasteiger charge is -2.02. The predicted octanol–water partition coefficient (Wildman–Crippen LogP) is 2.18. The Morgan fingerprint density at radius 2 is 2.11 bits per heavy atom. The van der Waals surface area contributed by atoms with Gasteiger partial charge in [0.15, 0.2) is 0 Å². The van der Waals surface area contributed by atoms with E-state index in [9.17, 15) is 17.6 Å². The van der Waals surface area contributed by atoms with Crippen molar-refractivity contribution in [3.05, 3.63) is 30.2 Å². The van der Waals surface area contributed by atoms with Gasteiger partial charge < -0.3 is 9.67 Å². The summed E-state index contributed by atoms with van der Waals surface area (Å²) in [5, 5.41) is 8.78. The third kappa shape index (κ3) is 2.87. The summed E-state index contributed by atoms with van der Waals surface area (Å²) in [5.41, 5.74) is 0.418. The Morgan fingerprint density at radius 3 is 2.68 bits per heavy atom. The maximum Gasteiger partial charge on any atom is 0.305 e. The number of rotatable bonds is 4. The first-order chi connectivity index (χ1) is 8.79. The number of halogens is 2. The highest BCUT2D eigenvalue weighted by molar-refractivity contribution is 8.14. The van der Waals surface area contributed by atoms with E-state index in [1.54, 1.807) is 0 Å². The van der Waals surface area contributed by atoms with E-state index in [4.69, 9.17) is 15.8 Å². The molecule has 0 spiro atoms. The summed E-state index contributed by atoms with van der Waals surface area (Å²) >= 11 is 0. The van der Waals surface area contributed by atoms with E-state index in [2.05, 4.69) is 0 Å². The highest BCUT2D eigenvalue weighted by Crippen LogP contribution is 2.28. The van der Waals surface area contributed by atoms with Gasteiger partial charge in [0, 0.05) is 34.3 Å². The standard InChI is InChI=1S/C11H9ClFNO4S/c12-19(17,18)10-6-14(4-3-11(15)16)9-2-1-7(13)5-8(9)10/h1-2,5-6H,3-4H2,(H,15,16). The lowest BCUT2D eigenvalue weighted by atomic mass is 10.2. The average Bonchev–Trinajstić information content (AvgIpc) is 2.64. The second-order valence-corrected chi connectivity index (χ2v) is 6.46. The van der Waals surface area contributed by atoms with Gasteiger partial charge in [0.1, 0.15) is 10.7 Å². The molecule has 1 heterocycles. The number of carboxylic acid groups (broad SMARTS) is 1. The number of carbonyl (C=O) groups is 1. The van der Waals surface area contributed by atoms with Gasteiger partial charge in [0.2, 0.25) is 0 Å². The van der Waals surface area contributed by atoms with Crippen LogP contribution < -0.4 is 0 Å². The number of nitrogens with zero attached hydrogens (tertiary/aromatic N) is 1. The first-order valence-corrected chi connectivity index (χ1v) is 7.55. The lowest BCUT2D eigenvalue weighted by Crippen LogP contribution is -2.03. The minimum absolute atomic E-state index is 0.0733. The molecule has 0 atom stereocenters. The Morgan fingerprint density at radius 1 is 1.42 bits per heavy atom. The Hall–Kier alpha value is -1.60. The van der Waals surface area contributed by atoms with Gasteiger partial charge in [0.25, 0.3) is 9.05 Å². The van der Waals surface area contributed by atoms with Gasteiger partial charge in [-0.3, -0.25) is 4.79 Å². The fourth-order valence-electron chi connectivity index (χ4n) is 1.83. The molecule has 0 aliphatic rings. The second-order valence-electron chi connectivity index (χ2n) is 3.93. The monoisotopic (exact) mass is 305 g/mol. The van der Waals surface area contributed by atoms with Crippen LogP contribution in [0.4, 0.5) is 4.39 Å². The van der Waals surface area contributed by atoms with Crippen LogP contribution in [0, 0.1) is 5.82 Å². The Bertz CT molecular complexity index is 753. The van der Waals surface area contributed by atoms with Crippen LogP contribution in [0.5, 0.6) is 0 Å². The highest BCUT2D eigenvalue weighted by Gasteiger charge is 2.19. The summed E-state index contributed by atoms with van der Waals surface area (Å²) in [6, 6.07) is 3.62. The molecule has 2 rings (SSSR count). The molecule has 1 aromatic carbocycles. The zero-order chi connectivity index (χ0) is 14.2. The summed E-state index contributed by atoms with van der Waals surface area (Å²) in [5.74, 6) is -1.61. The van der Waals surface area contributed by atoms with Crippen molar-refractivity contribution < 1.29 is 22.7 Å².